The Morgan fingerprint density at radius 2 is 2.26 bits per heavy atom. The molecule has 6 heteroatoms. The summed E-state index contributed by atoms with van der Waals surface area (Å²) in [7, 11) is 3.44. The first-order valence-corrected chi connectivity index (χ1v) is 9.20. The molecular weight excluding hydrogens is 328 g/mol. The summed E-state index contributed by atoms with van der Waals surface area (Å²) >= 11 is 3.21. The lowest BCUT2D eigenvalue weighted by Crippen LogP contribution is -2.24. The Labute approximate surface area is 145 Å². The van der Waals surface area contributed by atoms with Gasteiger partial charge in [0.1, 0.15) is 5.75 Å². The van der Waals surface area contributed by atoms with Crippen LogP contribution >= 0.6 is 23.1 Å². The summed E-state index contributed by atoms with van der Waals surface area (Å²) in [5.74, 6) is 0.785. The summed E-state index contributed by atoms with van der Waals surface area (Å²) in [4.78, 5) is 19.3. The molecule has 23 heavy (non-hydrogen) atoms. The molecule has 0 radical (unpaired) electrons. The largest absolute Gasteiger partial charge is 0.496 e. The van der Waals surface area contributed by atoms with Crippen molar-refractivity contribution in [1.82, 2.24) is 9.88 Å². The summed E-state index contributed by atoms with van der Waals surface area (Å²) in [5, 5.41) is 2.93. The second-order valence-corrected chi connectivity index (χ2v) is 6.92. The van der Waals surface area contributed by atoms with Gasteiger partial charge in [-0.2, -0.15) is 0 Å². The Morgan fingerprint density at radius 3 is 2.87 bits per heavy atom. The third-order valence-corrected chi connectivity index (χ3v) is 4.85. The molecule has 122 valence electrons. The van der Waals surface area contributed by atoms with Crippen LogP contribution in [0.4, 0.5) is 0 Å². The second-order valence-electron chi connectivity index (χ2n) is 5.01. The fourth-order valence-corrected chi connectivity index (χ4v) is 3.20. The van der Waals surface area contributed by atoms with Gasteiger partial charge in [-0.3, -0.25) is 4.79 Å². The molecule has 0 bridgehead atoms. The highest BCUT2D eigenvalue weighted by Gasteiger charge is 2.09. The minimum Gasteiger partial charge on any atom is -0.496 e. The molecule has 0 spiro atoms. The van der Waals surface area contributed by atoms with Gasteiger partial charge in [0.05, 0.1) is 17.8 Å². The Bertz CT molecular complexity index is 710. The van der Waals surface area contributed by atoms with Gasteiger partial charge in [-0.05, 0) is 37.0 Å². The number of aromatic nitrogens is 1. The predicted molar refractivity (Wildman–Crippen MR) is 97.1 cm³/mol. The Balaban J connectivity index is 2.02. The van der Waals surface area contributed by atoms with E-state index in [0.29, 0.717) is 6.54 Å². The first kappa shape index (κ1) is 17.6. The van der Waals surface area contributed by atoms with Crippen LogP contribution in [0.2, 0.25) is 0 Å². The van der Waals surface area contributed by atoms with Gasteiger partial charge in [-0.1, -0.05) is 6.07 Å². The van der Waals surface area contributed by atoms with Crippen molar-refractivity contribution in [3.63, 3.8) is 0 Å². The van der Waals surface area contributed by atoms with E-state index in [0.717, 1.165) is 26.9 Å². The van der Waals surface area contributed by atoms with E-state index < -0.39 is 0 Å². The van der Waals surface area contributed by atoms with E-state index in [2.05, 4.69) is 4.98 Å². The van der Waals surface area contributed by atoms with Gasteiger partial charge in [0.25, 0.3) is 0 Å². The number of hydrogen-bond donors (Lipinski definition) is 0. The van der Waals surface area contributed by atoms with E-state index in [1.807, 2.05) is 36.8 Å². The van der Waals surface area contributed by atoms with Gasteiger partial charge in [0, 0.05) is 29.9 Å². The summed E-state index contributed by atoms with van der Waals surface area (Å²) in [6.45, 7) is 2.48. The van der Waals surface area contributed by atoms with Gasteiger partial charge in [0.15, 0.2) is 0 Å². The van der Waals surface area contributed by atoms with Gasteiger partial charge >= 0.3 is 0 Å². The average Bonchev–Trinajstić information content (AvgIpc) is 2.97. The fraction of sp³-hybridized carbons (Fsp3) is 0.294. The van der Waals surface area contributed by atoms with Crippen molar-refractivity contribution in [3.8, 4) is 5.75 Å². The summed E-state index contributed by atoms with van der Waals surface area (Å²) in [6.07, 6.45) is 5.32. The molecule has 0 atom stereocenters. The van der Waals surface area contributed by atoms with Crippen molar-refractivity contribution in [2.45, 2.75) is 18.4 Å². The average molecular weight is 348 g/mol. The number of ether oxygens (including phenoxy) is 1. The number of likely N-dealkylation sites (N-methyl/N-ethyl adjacent to an activating group) is 1. The Kier molecular flexibility index (Phi) is 6.24. The molecule has 0 unspecified atom stereocenters. The minimum atomic E-state index is -0.0523. The lowest BCUT2D eigenvalue weighted by molar-refractivity contribution is -0.125. The maximum Gasteiger partial charge on any atom is 0.246 e. The molecule has 2 aromatic rings. The zero-order valence-corrected chi connectivity index (χ0v) is 15.3. The summed E-state index contributed by atoms with van der Waals surface area (Å²) in [6, 6.07) is 6.01. The molecule has 1 amide bonds. The number of nitrogens with zero attached hydrogens (tertiary/aromatic N) is 2. The summed E-state index contributed by atoms with van der Waals surface area (Å²) < 4.78 is 5.38. The molecule has 4 nitrogen and oxygen atoms in total. The van der Waals surface area contributed by atoms with Crippen molar-refractivity contribution in [2.75, 3.05) is 20.4 Å². The normalized spacial score (nSPS) is 11.0. The number of thioether (sulfide) groups is 1. The zero-order valence-electron chi connectivity index (χ0n) is 13.7. The zero-order chi connectivity index (χ0) is 16.8. The van der Waals surface area contributed by atoms with Crippen LogP contribution in [-0.4, -0.2) is 36.2 Å². The van der Waals surface area contributed by atoms with Crippen molar-refractivity contribution in [3.05, 3.63) is 45.9 Å². The van der Waals surface area contributed by atoms with Crippen LogP contribution in [-0.2, 0) is 11.3 Å². The molecule has 0 aliphatic rings. The standard InChI is InChI=1S/C17H20N2O2S2/c1-12-18-14(11-23-12)6-8-17(20)19(2)10-13-5-7-16(22-4)15(9-13)21-3/h5-9,11H,10H2,1-4H3/b8-6-. The number of aryl methyl sites for hydroxylation is 1. The van der Waals surface area contributed by atoms with Crippen LogP contribution in [0.5, 0.6) is 5.75 Å². The van der Waals surface area contributed by atoms with E-state index in [9.17, 15) is 4.79 Å². The number of benzene rings is 1. The van der Waals surface area contributed by atoms with Crippen molar-refractivity contribution < 1.29 is 9.53 Å². The van der Waals surface area contributed by atoms with Crippen LogP contribution in [0.1, 0.15) is 16.3 Å². The highest BCUT2D eigenvalue weighted by molar-refractivity contribution is 7.98. The van der Waals surface area contributed by atoms with Crippen LogP contribution in [0, 0.1) is 6.92 Å². The first-order chi connectivity index (χ1) is 11.0. The van der Waals surface area contributed by atoms with E-state index in [1.165, 1.54) is 0 Å². The Morgan fingerprint density at radius 1 is 1.48 bits per heavy atom. The number of carbonyl (C=O) groups is 1. The van der Waals surface area contributed by atoms with E-state index in [-0.39, 0.29) is 5.91 Å². The molecule has 0 fully saturated rings. The SMILES string of the molecule is COc1cc(CN(C)C(=O)/C=C\c2csc(C)n2)ccc1SC. The molecular formula is C17H20N2O2S2. The predicted octanol–water partition coefficient (Wildman–Crippen LogP) is 3.85. The number of methoxy groups -OCH3 is 1. The molecule has 2 rings (SSSR count). The van der Waals surface area contributed by atoms with E-state index in [4.69, 9.17) is 4.74 Å². The van der Waals surface area contributed by atoms with Crippen LogP contribution in [0.3, 0.4) is 0 Å². The first-order valence-electron chi connectivity index (χ1n) is 7.09. The monoisotopic (exact) mass is 348 g/mol. The number of rotatable bonds is 6. The number of thiazole rings is 1. The lowest BCUT2D eigenvalue weighted by Gasteiger charge is -2.16. The van der Waals surface area contributed by atoms with Crippen LogP contribution in [0.15, 0.2) is 34.6 Å². The molecule has 0 aliphatic carbocycles. The van der Waals surface area contributed by atoms with E-state index >= 15 is 0 Å². The van der Waals surface area contributed by atoms with Crippen molar-refractivity contribution in [2.24, 2.45) is 0 Å². The highest BCUT2D eigenvalue weighted by Crippen LogP contribution is 2.28. The highest BCUT2D eigenvalue weighted by atomic mass is 32.2. The molecule has 1 heterocycles. The van der Waals surface area contributed by atoms with Crippen molar-refractivity contribution >= 4 is 35.1 Å². The van der Waals surface area contributed by atoms with Crippen LogP contribution < -0.4 is 4.74 Å². The second kappa shape index (κ2) is 8.17. The summed E-state index contributed by atoms with van der Waals surface area (Å²) in [5.41, 5.74) is 1.86. The van der Waals surface area contributed by atoms with Gasteiger partial charge in [0.2, 0.25) is 5.91 Å². The number of hydrogen-bond acceptors (Lipinski definition) is 5. The lowest BCUT2D eigenvalue weighted by atomic mass is 10.2. The Hall–Kier alpha value is -1.79. The number of amides is 1. The molecule has 1 aromatic carbocycles. The quantitative estimate of drug-likeness (QED) is 0.587. The minimum absolute atomic E-state index is 0.0523. The molecule has 0 aliphatic heterocycles. The molecule has 0 saturated carbocycles. The van der Waals surface area contributed by atoms with Gasteiger partial charge in [-0.25, -0.2) is 4.98 Å². The molecule has 0 N–H and O–H groups in total. The third-order valence-electron chi connectivity index (χ3n) is 3.28. The fourth-order valence-electron chi connectivity index (χ4n) is 2.07. The maximum atomic E-state index is 12.2. The van der Waals surface area contributed by atoms with Crippen LogP contribution in [0.25, 0.3) is 6.08 Å². The van der Waals surface area contributed by atoms with Crippen molar-refractivity contribution in [1.29, 1.82) is 0 Å². The van der Waals surface area contributed by atoms with Gasteiger partial charge < -0.3 is 9.64 Å². The van der Waals surface area contributed by atoms with Gasteiger partial charge in [-0.15, -0.1) is 23.1 Å². The van der Waals surface area contributed by atoms with E-state index in [1.54, 1.807) is 54.3 Å². The topological polar surface area (TPSA) is 42.4 Å². The smallest absolute Gasteiger partial charge is 0.246 e. The molecule has 0 saturated heterocycles. The third kappa shape index (κ3) is 4.84. The maximum absolute atomic E-state index is 12.2. The number of carbonyl (C=O) groups excluding carboxylic acids is 1. The molecule has 1 aromatic heterocycles.